The molecule has 0 unspecified atom stereocenters. The van der Waals surface area contributed by atoms with Crippen LogP contribution in [0.5, 0.6) is 0 Å². The number of aromatic nitrogens is 2. The SMILES string of the molecule is O=S(=O)(NC[C@H]1CCC2(CCN(c3ccncn3)CC2)CO1)c1ccccc1. The fourth-order valence-electron chi connectivity index (χ4n) is 4.04. The monoisotopic (exact) mass is 402 g/mol. The second kappa shape index (κ2) is 8.14. The van der Waals surface area contributed by atoms with Crippen molar-refractivity contribution in [2.24, 2.45) is 5.41 Å². The minimum absolute atomic E-state index is 0.0657. The summed E-state index contributed by atoms with van der Waals surface area (Å²) in [5.74, 6) is 0.981. The Labute approximate surface area is 166 Å². The molecule has 3 heterocycles. The molecule has 8 heteroatoms. The number of piperidine rings is 1. The highest BCUT2D eigenvalue weighted by molar-refractivity contribution is 7.89. The lowest BCUT2D eigenvalue weighted by atomic mass is 9.73. The molecule has 0 saturated carbocycles. The van der Waals surface area contributed by atoms with E-state index in [1.54, 1.807) is 42.9 Å². The standard InChI is InChI=1S/C20H26N4O3S/c25-28(26,18-4-2-1-3-5-18)23-14-17-6-8-20(15-27-17)9-12-24(13-10-20)19-7-11-21-16-22-19/h1-5,7,11,16-17,23H,6,8-10,12-15H2/t17-/m1/s1. The summed E-state index contributed by atoms with van der Waals surface area (Å²) in [7, 11) is -3.48. The van der Waals surface area contributed by atoms with E-state index in [0.717, 1.165) is 44.6 Å². The van der Waals surface area contributed by atoms with Crippen LogP contribution in [-0.4, -0.2) is 50.7 Å². The van der Waals surface area contributed by atoms with Crippen molar-refractivity contribution in [1.82, 2.24) is 14.7 Å². The number of ether oxygens (including phenoxy) is 1. The maximum absolute atomic E-state index is 12.4. The molecule has 2 fully saturated rings. The maximum Gasteiger partial charge on any atom is 0.240 e. The van der Waals surface area contributed by atoms with Gasteiger partial charge in [-0.2, -0.15) is 0 Å². The average molecular weight is 403 g/mol. The van der Waals surface area contributed by atoms with Crippen LogP contribution in [0, 0.1) is 5.41 Å². The van der Waals surface area contributed by atoms with Crippen LogP contribution >= 0.6 is 0 Å². The van der Waals surface area contributed by atoms with Crippen molar-refractivity contribution < 1.29 is 13.2 Å². The lowest BCUT2D eigenvalue weighted by molar-refractivity contribution is -0.0690. The molecular weight excluding hydrogens is 376 g/mol. The number of hydrogen-bond acceptors (Lipinski definition) is 6. The molecular formula is C20H26N4O3S. The van der Waals surface area contributed by atoms with E-state index in [-0.39, 0.29) is 11.5 Å². The smallest absolute Gasteiger partial charge is 0.240 e. The van der Waals surface area contributed by atoms with Crippen molar-refractivity contribution in [2.45, 2.75) is 36.7 Å². The number of rotatable bonds is 5. The molecule has 28 heavy (non-hydrogen) atoms. The van der Waals surface area contributed by atoms with Crippen molar-refractivity contribution in [2.75, 3.05) is 31.1 Å². The van der Waals surface area contributed by atoms with Crippen LogP contribution in [0.3, 0.4) is 0 Å². The van der Waals surface area contributed by atoms with Gasteiger partial charge in [0.2, 0.25) is 10.0 Å². The Kier molecular flexibility index (Phi) is 5.61. The highest BCUT2D eigenvalue weighted by Gasteiger charge is 2.39. The van der Waals surface area contributed by atoms with Crippen molar-refractivity contribution in [3.63, 3.8) is 0 Å². The topological polar surface area (TPSA) is 84.4 Å². The van der Waals surface area contributed by atoms with Gasteiger partial charge < -0.3 is 9.64 Å². The minimum atomic E-state index is -3.48. The molecule has 0 bridgehead atoms. The number of benzene rings is 1. The molecule has 1 aromatic heterocycles. The van der Waals surface area contributed by atoms with E-state index in [0.29, 0.717) is 18.0 Å². The first-order valence-corrected chi connectivity index (χ1v) is 11.2. The summed E-state index contributed by atoms with van der Waals surface area (Å²) in [5.41, 5.74) is 0.207. The van der Waals surface area contributed by atoms with Gasteiger partial charge >= 0.3 is 0 Å². The Balaban J connectivity index is 1.26. The van der Waals surface area contributed by atoms with E-state index >= 15 is 0 Å². The Morgan fingerprint density at radius 1 is 1.14 bits per heavy atom. The number of hydrogen-bond donors (Lipinski definition) is 1. The highest BCUT2D eigenvalue weighted by Crippen LogP contribution is 2.41. The van der Waals surface area contributed by atoms with Crippen molar-refractivity contribution in [3.05, 3.63) is 48.9 Å². The second-order valence-electron chi connectivity index (χ2n) is 7.69. The van der Waals surface area contributed by atoms with Gasteiger partial charge in [0.05, 0.1) is 17.6 Å². The van der Waals surface area contributed by atoms with E-state index in [9.17, 15) is 8.42 Å². The van der Waals surface area contributed by atoms with Gasteiger partial charge in [0.1, 0.15) is 12.1 Å². The van der Waals surface area contributed by atoms with Gasteiger partial charge in [-0.1, -0.05) is 18.2 Å². The molecule has 0 aliphatic carbocycles. The van der Waals surface area contributed by atoms with Crippen LogP contribution in [0.1, 0.15) is 25.7 Å². The summed E-state index contributed by atoms with van der Waals surface area (Å²) < 4.78 is 33.5. The molecule has 7 nitrogen and oxygen atoms in total. The number of nitrogens with zero attached hydrogens (tertiary/aromatic N) is 3. The molecule has 1 spiro atoms. The third-order valence-electron chi connectivity index (χ3n) is 5.89. The molecule has 1 N–H and O–H groups in total. The average Bonchev–Trinajstić information content (AvgIpc) is 2.75. The molecule has 0 radical (unpaired) electrons. The van der Waals surface area contributed by atoms with Gasteiger partial charge in [-0.05, 0) is 49.3 Å². The van der Waals surface area contributed by atoms with Crippen molar-refractivity contribution >= 4 is 15.8 Å². The molecule has 1 aromatic carbocycles. The zero-order valence-electron chi connectivity index (χ0n) is 15.8. The van der Waals surface area contributed by atoms with Gasteiger partial charge in [0.25, 0.3) is 0 Å². The summed E-state index contributed by atoms with van der Waals surface area (Å²) >= 11 is 0. The van der Waals surface area contributed by atoms with Crippen LogP contribution in [0.15, 0.2) is 53.8 Å². The van der Waals surface area contributed by atoms with Gasteiger partial charge in [0, 0.05) is 25.8 Å². The van der Waals surface area contributed by atoms with Gasteiger partial charge in [0.15, 0.2) is 0 Å². The first kappa shape index (κ1) is 19.3. The zero-order valence-corrected chi connectivity index (χ0v) is 16.6. The van der Waals surface area contributed by atoms with E-state index in [2.05, 4.69) is 19.6 Å². The summed E-state index contributed by atoms with van der Waals surface area (Å²) in [6.45, 7) is 2.94. The lowest BCUT2D eigenvalue weighted by Crippen LogP contribution is -2.47. The lowest BCUT2D eigenvalue weighted by Gasteiger charge is -2.46. The predicted molar refractivity (Wildman–Crippen MR) is 107 cm³/mol. The van der Waals surface area contributed by atoms with Crippen molar-refractivity contribution in [1.29, 1.82) is 0 Å². The third-order valence-corrected chi connectivity index (χ3v) is 7.33. The normalized spacial score (nSPS) is 22.3. The number of sulfonamides is 1. The largest absolute Gasteiger partial charge is 0.376 e. The molecule has 2 aliphatic rings. The molecule has 2 aromatic rings. The van der Waals surface area contributed by atoms with Gasteiger partial charge in [-0.3, -0.25) is 0 Å². The Morgan fingerprint density at radius 2 is 1.93 bits per heavy atom. The predicted octanol–water partition coefficient (Wildman–Crippen LogP) is 2.22. The first-order chi connectivity index (χ1) is 13.6. The molecule has 1 atom stereocenters. The molecule has 150 valence electrons. The van der Waals surface area contributed by atoms with Gasteiger partial charge in [-0.25, -0.2) is 23.1 Å². The number of anilines is 1. The Hall–Kier alpha value is -2.03. The minimum Gasteiger partial charge on any atom is -0.376 e. The Bertz CT molecular complexity index is 859. The molecule has 0 amide bonds. The molecule has 2 saturated heterocycles. The summed E-state index contributed by atoms with van der Waals surface area (Å²) in [5, 5.41) is 0. The highest BCUT2D eigenvalue weighted by atomic mass is 32.2. The third kappa shape index (κ3) is 4.34. The molecule has 2 aliphatic heterocycles. The fraction of sp³-hybridized carbons (Fsp3) is 0.500. The fourth-order valence-corrected chi connectivity index (χ4v) is 5.13. The maximum atomic E-state index is 12.4. The van der Waals surface area contributed by atoms with Gasteiger partial charge in [-0.15, -0.1) is 0 Å². The van der Waals surface area contributed by atoms with Crippen LogP contribution in [-0.2, 0) is 14.8 Å². The van der Waals surface area contributed by atoms with Crippen LogP contribution in [0.2, 0.25) is 0 Å². The van der Waals surface area contributed by atoms with E-state index < -0.39 is 10.0 Å². The zero-order chi connectivity index (χ0) is 19.5. The van der Waals surface area contributed by atoms with E-state index in [1.807, 2.05) is 6.07 Å². The second-order valence-corrected chi connectivity index (χ2v) is 9.46. The summed E-state index contributed by atoms with van der Waals surface area (Å²) in [6, 6.07) is 10.4. The van der Waals surface area contributed by atoms with Crippen LogP contribution in [0.4, 0.5) is 5.82 Å². The summed E-state index contributed by atoms with van der Waals surface area (Å²) in [6.07, 6.45) is 7.39. The van der Waals surface area contributed by atoms with Crippen LogP contribution < -0.4 is 9.62 Å². The Morgan fingerprint density at radius 3 is 2.57 bits per heavy atom. The molecule has 4 rings (SSSR count). The first-order valence-electron chi connectivity index (χ1n) is 9.74. The van der Waals surface area contributed by atoms with Crippen LogP contribution in [0.25, 0.3) is 0 Å². The summed E-state index contributed by atoms with van der Waals surface area (Å²) in [4.78, 5) is 10.9. The van der Waals surface area contributed by atoms with E-state index in [4.69, 9.17) is 4.74 Å². The quantitative estimate of drug-likeness (QED) is 0.826. The number of nitrogens with one attached hydrogen (secondary N) is 1. The van der Waals surface area contributed by atoms with Crippen molar-refractivity contribution in [3.8, 4) is 0 Å². The van der Waals surface area contributed by atoms with E-state index in [1.165, 1.54) is 0 Å².